The predicted octanol–water partition coefficient (Wildman–Crippen LogP) is 1.44. The summed E-state index contributed by atoms with van der Waals surface area (Å²) >= 11 is 4.16. The van der Waals surface area contributed by atoms with Crippen molar-refractivity contribution < 1.29 is 0 Å². The van der Waals surface area contributed by atoms with Crippen molar-refractivity contribution >= 4 is 18.3 Å². The van der Waals surface area contributed by atoms with Crippen molar-refractivity contribution in [2.75, 3.05) is 19.0 Å². The second kappa shape index (κ2) is 2.92. The molecule has 10 heavy (non-hydrogen) atoms. The fraction of sp³-hybridized carbons (Fsp3) is 0.286. The van der Waals surface area contributed by atoms with E-state index < -0.39 is 0 Å². The summed E-state index contributed by atoms with van der Waals surface area (Å²) in [5.74, 6) is 0. The lowest BCUT2D eigenvalue weighted by Crippen LogP contribution is -2.08. The van der Waals surface area contributed by atoms with Crippen molar-refractivity contribution in [3.05, 3.63) is 18.5 Å². The molecule has 1 rings (SSSR count). The Bertz CT molecular complexity index is 223. The van der Waals surface area contributed by atoms with Crippen molar-refractivity contribution in [2.45, 2.75) is 4.90 Å². The Kier molecular flexibility index (Phi) is 2.17. The van der Waals surface area contributed by atoms with E-state index in [1.54, 1.807) is 12.4 Å². The van der Waals surface area contributed by atoms with Gasteiger partial charge in [-0.1, -0.05) is 0 Å². The van der Waals surface area contributed by atoms with Crippen LogP contribution in [0.2, 0.25) is 0 Å². The third-order valence-corrected chi connectivity index (χ3v) is 1.47. The standard InChI is InChI=1S/C7H10N2S/c1-9(2)6-3-7(10)5-8-4-6/h3-5,10H,1-2H3. The van der Waals surface area contributed by atoms with Gasteiger partial charge in [0.2, 0.25) is 0 Å². The zero-order valence-corrected chi connectivity index (χ0v) is 6.97. The molecule has 0 atom stereocenters. The number of thiol groups is 1. The van der Waals surface area contributed by atoms with Crippen LogP contribution in [0, 0.1) is 0 Å². The SMILES string of the molecule is CN(C)c1cncc(S)c1. The van der Waals surface area contributed by atoms with Crippen molar-refractivity contribution in [3.8, 4) is 0 Å². The quantitative estimate of drug-likeness (QED) is 0.616. The van der Waals surface area contributed by atoms with Crippen molar-refractivity contribution in [2.24, 2.45) is 0 Å². The minimum absolute atomic E-state index is 0.895. The van der Waals surface area contributed by atoms with Gasteiger partial charge in [0.25, 0.3) is 0 Å². The molecule has 54 valence electrons. The van der Waals surface area contributed by atoms with Gasteiger partial charge < -0.3 is 4.90 Å². The Balaban J connectivity index is 2.96. The van der Waals surface area contributed by atoms with Crippen LogP contribution in [0.15, 0.2) is 23.4 Å². The van der Waals surface area contributed by atoms with Crippen LogP contribution in [-0.4, -0.2) is 19.1 Å². The fourth-order valence-corrected chi connectivity index (χ4v) is 0.860. The molecule has 0 aromatic carbocycles. The van der Waals surface area contributed by atoms with Crippen LogP contribution in [0.1, 0.15) is 0 Å². The average Bonchev–Trinajstić information content (AvgIpc) is 1.88. The maximum Gasteiger partial charge on any atom is 0.0558 e. The Morgan fingerprint density at radius 2 is 2.10 bits per heavy atom. The molecule has 1 aromatic rings. The van der Waals surface area contributed by atoms with Crippen LogP contribution in [-0.2, 0) is 0 Å². The minimum Gasteiger partial charge on any atom is -0.376 e. The Labute approximate surface area is 66.3 Å². The van der Waals surface area contributed by atoms with Crippen LogP contribution in [0.25, 0.3) is 0 Å². The highest BCUT2D eigenvalue weighted by molar-refractivity contribution is 7.80. The zero-order valence-electron chi connectivity index (χ0n) is 6.07. The first kappa shape index (κ1) is 7.41. The van der Waals surface area contributed by atoms with Crippen molar-refractivity contribution in [1.82, 2.24) is 4.98 Å². The number of nitrogens with zero attached hydrogens (tertiary/aromatic N) is 2. The van der Waals surface area contributed by atoms with E-state index in [1.807, 2.05) is 25.1 Å². The summed E-state index contributed by atoms with van der Waals surface area (Å²) in [4.78, 5) is 6.87. The molecule has 3 heteroatoms. The lowest BCUT2D eigenvalue weighted by atomic mass is 10.4. The smallest absolute Gasteiger partial charge is 0.0558 e. The Morgan fingerprint density at radius 1 is 1.40 bits per heavy atom. The molecule has 0 amide bonds. The van der Waals surface area contributed by atoms with E-state index in [2.05, 4.69) is 17.6 Å². The van der Waals surface area contributed by atoms with Gasteiger partial charge in [-0.3, -0.25) is 4.98 Å². The number of anilines is 1. The highest BCUT2D eigenvalue weighted by atomic mass is 32.1. The summed E-state index contributed by atoms with van der Waals surface area (Å²) in [7, 11) is 3.95. The first-order valence-electron chi connectivity index (χ1n) is 3.01. The molecule has 0 unspecified atom stereocenters. The van der Waals surface area contributed by atoms with Gasteiger partial charge in [0.05, 0.1) is 11.9 Å². The van der Waals surface area contributed by atoms with Crippen LogP contribution >= 0.6 is 12.6 Å². The number of aromatic nitrogens is 1. The van der Waals surface area contributed by atoms with E-state index in [4.69, 9.17) is 0 Å². The minimum atomic E-state index is 0.895. The predicted molar refractivity (Wildman–Crippen MR) is 45.8 cm³/mol. The molecule has 0 N–H and O–H groups in total. The second-order valence-corrected chi connectivity index (χ2v) is 2.81. The lowest BCUT2D eigenvalue weighted by molar-refractivity contribution is 1.09. The van der Waals surface area contributed by atoms with E-state index in [9.17, 15) is 0 Å². The van der Waals surface area contributed by atoms with Gasteiger partial charge in [-0.15, -0.1) is 12.6 Å². The molecular weight excluding hydrogens is 144 g/mol. The zero-order chi connectivity index (χ0) is 7.56. The normalized spacial score (nSPS) is 9.50. The van der Waals surface area contributed by atoms with E-state index in [-0.39, 0.29) is 0 Å². The summed E-state index contributed by atoms with van der Waals surface area (Å²) in [6, 6.07) is 1.97. The lowest BCUT2D eigenvalue weighted by Gasteiger charge is -2.10. The second-order valence-electron chi connectivity index (χ2n) is 2.30. The van der Waals surface area contributed by atoms with Crippen LogP contribution in [0.3, 0.4) is 0 Å². The van der Waals surface area contributed by atoms with Gasteiger partial charge in [0, 0.05) is 25.2 Å². The molecule has 0 fully saturated rings. The Hall–Kier alpha value is -0.700. The molecule has 0 aliphatic carbocycles. The van der Waals surface area contributed by atoms with E-state index >= 15 is 0 Å². The average molecular weight is 154 g/mol. The molecular formula is C7H10N2S. The molecule has 0 radical (unpaired) electrons. The molecule has 0 spiro atoms. The summed E-state index contributed by atoms with van der Waals surface area (Å²) < 4.78 is 0. The summed E-state index contributed by atoms with van der Waals surface area (Å²) in [6.45, 7) is 0. The molecule has 0 bridgehead atoms. The first-order chi connectivity index (χ1) is 4.70. The highest BCUT2D eigenvalue weighted by Crippen LogP contribution is 2.12. The molecule has 1 aromatic heterocycles. The largest absolute Gasteiger partial charge is 0.376 e. The topological polar surface area (TPSA) is 16.1 Å². The van der Waals surface area contributed by atoms with Crippen LogP contribution < -0.4 is 4.90 Å². The van der Waals surface area contributed by atoms with Crippen molar-refractivity contribution in [3.63, 3.8) is 0 Å². The van der Waals surface area contributed by atoms with Gasteiger partial charge in [-0.05, 0) is 6.07 Å². The number of rotatable bonds is 1. The molecule has 0 aliphatic rings. The van der Waals surface area contributed by atoms with Gasteiger partial charge in [0.1, 0.15) is 0 Å². The summed E-state index contributed by atoms with van der Waals surface area (Å²) in [5.41, 5.74) is 1.08. The molecule has 2 nitrogen and oxygen atoms in total. The maximum absolute atomic E-state index is 4.16. The third kappa shape index (κ3) is 1.64. The number of hydrogen-bond donors (Lipinski definition) is 1. The van der Waals surface area contributed by atoms with Gasteiger partial charge >= 0.3 is 0 Å². The van der Waals surface area contributed by atoms with Gasteiger partial charge in [0.15, 0.2) is 0 Å². The monoisotopic (exact) mass is 154 g/mol. The highest BCUT2D eigenvalue weighted by Gasteiger charge is 1.93. The van der Waals surface area contributed by atoms with Gasteiger partial charge in [-0.2, -0.15) is 0 Å². The molecule has 1 heterocycles. The van der Waals surface area contributed by atoms with Gasteiger partial charge in [-0.25, -0.2) is 0 Å². The number of hydrogen-bond acceptors (Lipinski definition) is 3. The van der Waals surface area contributed by atoms with E-state index in [0.717, 1.165) is 10.6 Å². The maximum atomic E-state index is 4.16. The first-order valence-corrected chi connectivity index (χ1v) is 3.46. The summed E-state index contributed by atoms with van der Waals surface area (Å²) in [5, 5.41) is 0. The number of pyridine rings is 1. The molecule has 0 aliphatic heterocycles. The van der Waals surface area contributed by atoms with E-state index in [1.165, 1.54) is 0 Å². The van der Waals surface area contributed by atoms with E-state index in [0.29, 0.717) is 0 Å². The van der Waals surface area contributed by atoms with Crippen LogP contribution in [0.4, 0.5) is 5.69 Å². The molecule has 0 saturated heterocycles. The van der Waals surface area contributed by atoms with Crippen LogP contribution in [0.5, 0.6) is 0 Å². The molecule has 0 saturated carbocycles. The Morgan fingerprint density at radius 3 is 2.50 bits per heavy atom. The summed E-state index contributed by atoms with van der Waals surface area (Å²) in [6.07, 6.45) is 3.52. The fourth-order valence-electron chi connectivity index (χ4n) is 0.661. The van der Waals surface area contributed by atoms with Crippen molar-refractivity contribution in [1.29, 1.82) is 0 Å². The third-order valence-electron chi connectivity index (χ3n) is 1.23.